The average molecular weight is 390 g/mol. The number of rotatable bonds is 4. The van der Waals surface area contributed by atoms with E-state index in [1.54, 1.807) is 0 Å². The molecule has 2 aliphatic heterocycles. The summed E-state index contributed by atoms with van der Waals surface area (Å²) in [5.41, 5.74) is 6.63. The minimum absolute atomic E-state index is 0.422. The summed E-state index contributed by atoms with van der Waals surface area (Å²) >= 11 is 0. The second-order valence-corrected chi connectivity index (χ2v) is 7.79. The van der Waals surface area contributed by atoms with Crippen LogP contribution in [-0.2, 0) is 22.3 Å². The molecule has 0 aromatic heterocycles. The first-order valence-corrected chi connectivity index (χ1v) is 10.4. The van der Waals surface area contributed by atoms with Gasteiger partial charge in [0.05, 0.1) is 25.4 Å². The molecule has 3 aromatic carbocycles. The Labute approximate surface area is 177 Å². The van der Waals surface area contributed by atoms with Gasteiger partial charge >= 0.3 is 0 Å². The van der Waals surface area contributed by atoms with E-state index in [-0.39, 0.29) is 0 Å². The van der Waals surface area contributed by atoms with Crippen molar-refractivity contribution in [2.75, 3.05) is 13.2 Å². The lowest BCUT2D eigenvalue weighted by atomic mass is 10.1. The first kappa shape index (κ1) is 18.7. The van der Waals surface area contributed by atoms with E-state index in [0.717, 1.165) is 48.3 Å². The predicted octanol–water partition coefficient (Wildman–Crippen LogP) is 4.37. The van der Waals surface area contributed by atoms with Gasteiger partial charge in [0.15, 0.2) is 0 Å². The Balaban J connectivity index is 1.19. The van der Waals surface area contributed by atoms with Crippen LogP contribution in [0.4, 0.5) is 0 Å². The van der Waals surface area contributed by atoms with Crippen molar-refractivity contribution in [3.05, 3.63) is 106 Å². The van der Waals surface area contributed by atoms with Crippen LogP contribution in [0.1, 0.15) is 33.4 Å². The molecule has 146 valence electrons. The molecule has 2 atom stereocenters. The van der Waals surface area contributed by atoms with Crippen LogP contribution < -0.4 is 0 Å². The Kier molecular flexibility index (Phi) is 5.36. The van der Waals surface area contributed by atoms with E-state index < -0.39 is 0 Å². The highest BCUT2D eigenvalue weighted by Gasteiger charge is 2.22. The monoisotopic (exact) mass is 390 g/mol. The van der Waals surface area contributed by atoms with Crippen LogP contribution >= 0.6 is 0 Å². The molecule has 30 heavy (non-hydrogen) atoms. The zero-order chi connectivity index (χ0) is 20.2. The Morgan fingerprint density at radius 1 is 0.500 bits per heavy atom. The molecule has 2 aliphatic rings. The Bertz CT molecular complexity index is 1030. The van der Waals surface area contributed by atoms with Crippen molar-refractivity contribution < 1.29 is 9.47 Å². The molecule has 2 heteroatoms. The maximum absolute atomic E-state index is 5.28. The van der Waals surface area contributed by atoms with Gasteiger partial charge in [-0.25, -0.2) is 0 Å². The van der Waals surface area contributed by atoms with E-state index in [4.69, 9.17) is 9.47 Å². The first-order valence-electron chi connectivity index (χ1n) is 10.4. The fraction of sp³-hybridized carbons (Fsp3) is 0.214. The fourth-order valence-electron chi connectivity index (χ4n) is 3.27. The molecule has 0 bridgehead atoms. The van der Waals surface area contributed by atoms with Gasteiger partial charge in [-0.3, -0.25) is 0 Å². The first-order chi connectivity index (χ1) is 14.8. The van der Waals surface area contributed by atoms with Gasteiger partial charge in [-0.2, -0.15) is 0 Å². The number of ether oxygens (including phenoxy) is 2. The molecule has 2 heterocycles. The molecule has 3 aromatic rings. The van der Waals surface area contributed by atoms with Gasteiger partial charge in [0, 0.05) is 35.1 Å². The number of epoxide rings is 2. The highest BCUT2D eigenvalue weighted by Crippen LogP contribution is 2.17. The summed E-state index contributed by atoms with van der Waals surface area (Å²) in [6, 6.07) is 24.9. The van der Waals surface area contributed by atoms with Gasteiger partial charge < -0.3 is 9.47 Å². The van der Waals surface area contributed by atoms with Crippen molar-refractivity contribution in [1.82, 2.24) is 0 Å². The lowest BCUT2D eigenvalue weighted by molar-refractivity contribution is 0.407. The molecule has 0 aliphatic carbocycles. The lowest BCUT2D eigenvalue weighted by Gasteiger charge is -1.98. The third-order valence-electron chi connectivity index (χ3n) is 5.23. The molecule has 5 rings (SSSR count). The van der Waals surface area contributed by atoms with Gasteiger partial charge in [-0.05, 0) is 59.7 Å². The SMILES string of the molecule is C(#Cc1ccc(CC2CO2)cc1)c1ccc(C#Cc2ccc(CC3CO3)cc2)cc1. The van der Waals surface area contributed by atoms with Crippen LogP contribution in [0.3, 0.4) is 0 Å². The van der Waals surface area contributed by atoms with Crippen molar-refractivity contribution in [1.29, 1.82) is 0 Å². The summed E-state index contributed by atoms with van der Waals surface area (Å²) in [5.74, 6) is 12.9. The molecular weight excluding hydrogens is 368 g/mol. The molecule has 2 saturated heterocycles. The zero-order valence-electron chi connectivity index (χ0n) is 16.7. The van der Waals surface area contributed by atoms with Gasteiger partial charge in [0.25, 0.3) is 0 Å². The summed E-state index contributed by atoms with van der Waals surface area (Å²) in [6.07, 6.45) is 2.83. The van der Waals surface area contributed by atoms with Crippen LogP contribution in [-0.4, -0.2) is 25.4 Å². The molecular formula is C28H22O2. The van der Waals surface area contributed by atoms with Crippen LogP contribution in [0.15, 0.2) is 72.8 Å². The van der Waals surface area contributed by atoms with Crippen LogP contribution in [0.25, 0.3) is 0 Å². The summed E-state index contributed by atoms with van der Waals surface area (Å²) < 4.78 is 10.6. The highest BCUT2D eigenvalue weighted by molar-refractivity contribution is 5.48. The van der Waals surface area contributed by atoms with E-state index in [1.807, 2.05) is 24.3 Å². The topological polar surface area (TPSA) is 25.1 Å². The maximum Gasteiger partial charge on any atom is 0.0850 e. The van der Waals surface area contributed by atoms with E-state index in [0.29, 0.717) is 12.2 Å². The van der Waals surface area contributed by atoms with Crippen molar-refractivity contribution >= 4 is 0 Å². The summed E-state index contributed by atoms with van der Waals surface area (Å²) in [6.45, 7) is 1.79. The van der Waals surface area contributed by atoms with Gasteiger partial charge in [-0.15, -0.1) is 0 Å². The average Bonchev–Trinajstić information content (AvgIpc) is 3.71. The minimum Gasteiger partial charge on any atom is -0.373 e. The number of hydrogen-bond acceptors (Lipinski definition) is 2. The second kappa shape index (κ2) is 8.60. The van der Waals surface area contributed by atoms with Crippen LogP contribution in [0.5, 0.6) is 0 Å². The smallest absolute Gasteiger partial charge is 0.0850 e. The lowest BCUT2D eigenvalue weighted by Crippen LogP contribution is -1.92. The second-order valence-electron chi connectivity index (χ2n) is 7.79. The fourth-order valence-corrected chi connectivity index (χ4v) is 3.27. The molecule has 2 nitrogen and oxygen atoms in total. The van der Waals surface area contributed by atoms with Crippen LogP contribution in [0.2, 0.25) is 0 Å². The highest BCUT2D eigenvalue weighted by atomic mass is 16.6. The molecule has 0 saturated carbocycles. The molecule has 0 radical (unpaired) electrons. The van der Waals surface area contributed by atoms with Gasteiger partial charge in [-0.1, -0.05) is 47.9 Å². The van der Waals surface area contributed by atoms with Gasteiger partial charge in [0.2, 0.25) is 0 Å². The zero-order valence-corrected chi connectivity index (χ0v) is 16.7. The van der Waals surface area contributed by atoms with Crippen LogP contribution in [0, 0.1) is 23.7 Å². The largest absolute Gasteiger partial charge is 0.373 e. The van der Waals surface area contributed by atoms with E-state index in [9.17, 15) is 0 Å². The van der Waals surface area contributed by atoms with Crippen molar-refractivity contribution in [3.63, 3.8) is 0 Å². The minimum atomic E-state index is 0.422. The maximum atomic E-state index is 5.28. The number of hydrogen-bond donors (Lipinski definition) is 0. The molecule has 0 spiro atoms. The normalized spacial score (nSPS) is 18.5. The Morgan fingerprint density at radius 3 is 1.03 bits per heavy atom. The summed E-state index contributed by atoms with van der Waals surface area (Å²) in [5, 5.41) is 0. The molecule has 0 amide bonds. The van der Waals surface area contributed by atoms with E-state index in [2.05, 4.69) is 72.2 Å². The quantitative estimate of drug-likeness (QED) is 0.488. The third kappa shape index (κ3) is 5.40. The Morgan fingerprint density at radius 2 is 0.767 bits per heavy atom. The summed E-state index contributed by atoms with van der Waals surface area (Å²) in [7, 11) is 0. The standard InChI is InChI=1S/C28H22O2/c1-2-22(6-8-24-11-15-26(16-12-24)18-28-20-30-28)4-3-21(1)5-7-23-9-13-25(14-10-23)17-27-19-29-27/h1-4,9-16,27-28H,17-20H2. The van der Waals surface area contributed by atoms with Gasteiger partial charge in [0.1, 0.15) is 0 Å². The Hall–Kier alpha value is -3.30. The van der Waals surface area contributed by atoms with Crippen molar-refractivity contribution in [2.45, 2.75) is 25.0 Å². The third-order valence-corrected chi connectivity index (χ3v) is 5.23. The predicted molar refractivity (Wildman–Crippen MR) is 118 cm³/mol. The van der Waals surface area contributed by atoms with Crippen molar-refractivity contribution in [3.8, 4) is 23.7 Å². The van der Waals surface area contributed by atoms with Crippen molar-refractivity contribution in [2.24, 2.45) is 0 Å². The molecule has 2 fully saturated rings. The number of benzene rings is 3. The molecule has 2 unspecified atom stereocenters. The molecule has 0 N–H and O–H groups in total. The summed E-state index contributed by atoms with van der Waals surface area (Å²) in [4.78, 5) is 0. The van der Waals surface area contributed by atoms with E-state index in [1.165, 1.54) is 11.1 Å². The van der Waals surface area contributed by atoms with E-state index >= 15 is 0 Å².